The number of aromatic nitrogens is 2. The number of nitrogens with one attached hydrogen (secondary N) is 1. The van der Waals surface area contributed by atoms with Crippen molar-refractivity contribution in [3.8, 4) is 22.9 Å². The highest BCUT2D eigenvalue weighted by molar-refractivity contribution is 6.05. The summed E-state index contributed by atoms with van der Waals surface area (Å²) in [6, 6.07) is 19.2. The average molecular weight is 397 g/mol. The molecule has 0 aliphatic carbocycles. The lowest BCUT2D eigenvalue weighted by Gasteiger charge is -2.13. The highest BCUT2D eigenvalue weighted by Crippen LogP contribution is 2.26. The van der Waals surface area contributed by atoms with E-state index in [1.54, 1.807) is 12.1 Å². The number of carbonyl (C=O) groups excluding carboxylic acids is 1. The van der Waals surface area contributed by atoms with Crippen molar-refractivity contribution in [2.75, 3.05) is 5.32 Å². The Bertz CT molecular complexity index is 1180. The zero-order chi connectivity index (χ0) is 21.3. The van der Waals surface area contributed by atoms with Crippen molar-refractivity contribution in [2.24, 2.45) is 0 Å². The lowest BCUT2D eigenvalue weighted by Crippen LogP contribution is -2.13. The Labute approximate surface area is 175 Å². The van der Waals surface area contributed by atoms with E-state index in [0.717, 1.165) is 27.9 Å². The van der Waals surface area contributed by atoms with E-state index in [4.69, 9.17) is 4.42 Å². The lowest BCUT2D eigenvalue weighted by molar-refractivity contribution is 0.102. The molecule has 0 atom stereocenters. The summed E-state index contributed by atoms with van der Waals surface area (Å²) >= 11 is 0. The largest absolute Gasteiger partial charge is 0.416 e. The van der Waals surface area contributed by atoms with Crippen molar-refractivity contribution in [3.63, 3.8) is 0 Å². The number of benzene rings is 3. The summed E-state index contributed by atoms with van der Waals surface area (Å²) < 4.78 is 5.81. The van der Waals surface area contributed by atoms with Gasteiger partial charge in [0.1, 0.15) is 0 Å². The second kappa shape index (κ2) is 7.95. The molecule has 0 fully saturated rings. The van der Waals surface area contributed by atoms with Crippen molar-refractivity contribution in [3.05, 3.63) is 88.5 Å². The van der Waals surface area contributed by atoms with Gasteiger partial charge < -0.3 is 9.73 Å². The maximum atomic E-state index is 12.7. The van der Waals surface area contributed by atoms with E-state index in [1.165, 1.54) is 11.1 Å². The molecule has 1 heterocycles. The third-order valence-corrected chi connectivity index (χ3v) is 5.03. The second-order valence-electron chi connectivity index (χ2n) is 7.58. The van der Waals surface area contributed by atoms with Gasteiger partial charge in [0.2, 0.25) is 11.8 Å². The number of rotatable bonds is 4. The Morgan fingerprint density at radius 3 is 1.77 bits per heavy atom. The van der Waals surface area contributed by atoms with Crippen molar-refractivity contribution < 1.29 is 9.21 Å². The molecule has 1 amide bonds. The number of amides is 1. The van der Waals surface area contributed by atoms with Crippen LogP contribution in [0.25, 0.3) is 22.9 Å². The van der Waals surface area contributed by atoms with E-state index in [2.05, 4.69) is 27.6 Å². The summed E-state index contributed by atoms with van der Waals surface area (Å²) in [5, 5.41) is 11.3. The van der Waals surface area contributed by atoms with Crippen molar-refractivity contribution in [2.45, 2.75) is 27.7 Å². The molecule has 1 N–H and O–H groups in total. The van der Waals surface area contributed by atoms with Gasteiger partial charge in [-0.15, -0.1) is 10.2 Å². The quantitative estimate of drug-likeness (QED) is 0.466. The van der Waals surface area contributed by atoms with Crippen LogP contribution in [0.4, 0.5) is 5.69 Å². The topological polar surface area (TPSA) is 68.0 Å². The fourth-order valence-electron chi connectivity index (χ4n) is 3.48. The van der Waals surface area contributed by atoms with Gasteiger partial charge in [0, 0.05) is 22.4 Å². The van der Waals surface area contributed by atoms with Gasteiger partial charge in [-0.25, -0.2) is 0 Å². The first kappa shape index (κ1) is 19.6. The molecule has 0 bridgehead atoms. The molecule has 0 aliphatic rings. The van der Waals surface area contributed by atoms with E-state index >= 15 is 0 Å². The van der Waals surface area contributed by atoms with Crippen LogP contribution in [0.3, 0.4) is 0 Å². The molecule has 30 heavy (non-hydrogen) atoms. The molecule has 1 aromatic heterocycles. The van der Waals surface area contributed by atoms with Crippen LogP contribution in [0.1, 0.15) is 32.6 Å². The minimum atomic E-state index is -0.150. The van der Waals surface area contributed by atoms with Crippen LogP contribution in [-0.2, 0) is 0 Å². The Hall–Kier alpha value is -3.73. The van der Waals surface area contributed by atoms with Gasteiger partial charge in [0.15, 0.2) is 0 Å². The Balaban J connectivity index is 1.52. The number of hydrogen-bond acceptors (Lipinski definition) is 4. The molecule has 0 aliphatic heterocycles. The molecular formula is C25H23N3O2. The fourth-order valence-corrected chi connectivity index (χ4v) is 3.48. The number of nitrogens with zero attached hydrogens (tertiary/aromatic N) is 2. The summed E-state index contributed by atoms with van der Waals surface area (Å²) in [5.74, 6) is 0.738. The van der Waals surface area contributed by atoms with E-state index < -0.39 is 0 Å². The molecule has 5 heteroatoms. The highest BCUT2D eigenvalue weighted by atomic mass is 16.4. The van der Waals surface area contributed by atoms with E-state index in [9.17, 15) is 4.79 Å². The Kier molecular flexibility index (Phi) is 5.19. The maximum absolute atomic E-state index is 12.7. The molecule has 3 aromatic carbocycles. The molecule has 0 spiro atoms. The summed E-state index contributed by atoms with van der Waals surface area (Å²) in [5.41, 5.74) is 7.50. The van der Waals surface area contributed by atoms with Crippen LogP contribution in [-0.4, -0.2) is 16.1 Å². The normalized spacial score (nSPS) is 10.8. The van der Waals surface area contributed by atoms with Crippen LogP contribution in [0.5, 0.6) is 0 Å². The number of hydrogen-bond donors (Lipinski definition) is 1. The van der Waals surface area contributed by atoms with Crippen LogP contribution < -0.4 is 5.32 Å². The standard InChI is InChI=1S/C25H23N3O2/c1-15-5-7-20(8-6-15)24-27-28-25(30-24)21-11-9-19(10-12-21)23(29)26-22-17(3)13-16(2)14-18(22)4/h5-14H,1-4H3,(H,26,29). The second-order valence-corrected chi connectivity index (χ2v) is 7.58. The predicted octanol–water partition coefficient (Wildman–Crippen LogP) is 5.89. The first-order chi connectivity index (χ1) is 14.4. The predicted molar refractivity (Wildman–Crippen MR) is 119 cm³/mol. The van der Waals surface area contributed by atoms with Crippen molar-refractivity contribution >= 4 is 11.6 Å². The minimum absolute atomic E-state index is 0.150. The Morgan fingerprint density at radius 1 is 0.733 bits per heavy atom. The van der Waals surface area contributed by atoms with Gasteiger partial charge in [0.25, 0.3) is 5.91 Å². The SMILES string of the molecule is Cc1ccc(-c2nnc(-c3ccc(C(=O)Nc4c(C)cc(C)cc4C)cc3)o2)cc1. The lowest BCUT2D eigenvalue weighted by atomic mass is 10.0. The van der Waals surface area contributed by atoms with Crippen molar-refractivity contribution in [1.82, 2.24) is 10.2 Å². The third kappa shape index (κ3) is 4.01. The van der Waals surface area contributed by atoms with E-state index in [1.807, 2.05) is 64.1 Å². The summed E-state index contributed by atoms with van der Waals surface area (Å²) in [6.07, 6.45) is 0. The number of anilines is 1. The van der Waals surface area contributed by atoms with Crippen LogP contribution in [0.2, 0.25) is 0 Å². The van der Waals surface area contributed by atoms with E-state index in [-0.39, 0.29) is 5.91 Å². The van der Waals surface area contributed by atoms with Gasteiger partial charge in [-0.2, -0.15) is 0 Å². The monoisotopic (exact) mass is 397 g/mol. The van der Waals surface area contributed by atoms with Gasteiger partial charge in [-0.1, -0.05) is 35.4 Å². The highest BCUT2D eigenvalue weighted by Gasteiger charge is 2.13. The van der Waals surface area contributed by atoms with Crippen LogP contribution in [0, 0.1) is 27.7 Å². The molecule has 5 nitrogen and oxygen atoms in total. The third-order valence-electron chi connectivity index (χ3n) is 5.03. The van der Waals surface area contributed by atoms with Gasteiger partial charge in [-0.05, 0) is 75.2 Å². The first-order valence-electron chi connectivity index (χ1n) is 9.81. The van der Waals surface area contributed by atoms with Gasteiger partial charge >= 0.3 is 0 Å². The fraction of sp³-hybridized carbons (Fsp3) is 0.160. The summed E-state index contributed by atoms with van der Waals surface area (Å²) in [6.45, 7) is 8.08. The molecule has 4 aromatic rings. The smallest absolute Gasteiger partial charge is 0.255 e. The summed E-state index contributed by atoms with van der Waals surface area (Å²) in [4.78, 5) is 12.7. The molecule has 150 valence electrons. The van der Waals surface area contributed by atoms with E-state index in [0.29, 0.717) is 17.3 Å². The molecule has 4 rings (SSSR count). The van der Waals surface area contributed by atoms with Crippen LogP contribution in [0.15, 0.2) is 65.1 Å². The van der Waals surface area contributed by atoms with Gasteiger partial charge in [-0.3, -0.25) is 4.79 Å². The molecule has 0 unspecified atom stereocenters. The minimum Gasteiger partial charge on any atom is -0.416 e. The number of carbonyl (C=O) groups is 1. The zero-order valence-electron chi connectivity index (χ0n) is 17.5. The average Bonchev–Trinajstić information content (AvgIpc) is 3.21. The number of aryl methyl sites for hydroxylation is 4. The molecular weight excluding hydrogens is 374 g/mol. The molecule has 0 saturated heterocycles. The molecule has 0 radical (unpaired) electrons. The summed E-state index contributed by atoms with van der Waals surface area (Å²) in [7, 11) is 0. The zero-order valence-corrected chi connectivity index (χ0v) is 17.5. The molecule has 0 saturated carbocycles. The Morgan fingerprint density at radius 2 is 1.23 bits per heavy atom. The van der Waals surface area contributed by atoms with Crippen LogP contribution >= 0.6 is 0 Å². The first-order valence-corrected chi connectivity index (χ1v) is 9.81. The maximum Gasteiger partial charge on any atom is 0.255 e. The van der Waals surface area contributed by atoms with Gasteiger partial charge in [0.05, 0.1) is 0 Å². The van der Waals surface area contributed by atoms with Crippen molar-refractivity contribution in [1.29, 1.82) is 0 Å².